The van der Waals surface area contributed by atoms with Crippen molar-refractivity contribution in [3.05, 3.63) is 65.8 Å². The number of carbonyl (C=O) groups is 2. The van der Waals surface area contributed by atoms with Gasteiger partial charge >= 0.3 is 5.97 Å². The molecule has 2 aromatic rings. The van der Waals surface area contributed by atoms with Crippen LogP contribution in [-0.2, 0) is 20.7 Å². The number of nitrogens with one attached hydrogen (secondary N) is 1. The first-order valence-electron chi connectivity index (χ1n) is 8.71. The highest BCUT2D eigenvalue weighted by molar-refractivity contribution is 6.30. The van der Waals surface area contributed by atoms with Crippen LogP contribution in [0.1, 0.15) is 25.3 Å². The number of esters is 1. The number of rotatable bonds is 8. The second-order valence-corrected chi connectivity index (χ2v) is 6.49. The second-order valence-electron chi connectivity index (χ2n) is 6.05. The van der Waals surface area contributed by atoms with Gasteiger partial charge in [-0.3, -0.25) is 9.59 Å². The Morgan fingerprint density at radius 1 is 1.22 bits per heavy atom. The zero-order chi connectivity index (χ0) is 19.8. The molecule has 4 nitrogen and oxygen atoms in total. The molecule has 0 fully saturated rings. The van der Waals surface area contributed by atoms with Crippen LogP contribution in [0.25, 0.3) is 11.1 Å². The molecule has 2 aromatic carbocycles. The van der Waals surface area contributed by atoms with Gasteiger partial charge in [-0.05, 0) is 49.6 Å². The van der Waals surface area contributed by atoms with Crippen molar-refractivity contribution in [2.24, 2.45) is 0 Å². The summed E-state index contributed by atoms with van der Waals surface area (Å²) in [6.07, 6.45) is 0.611. The van der Waals surface area contributed by atoms with Gasteiger partial charge in [0.25, 0.3) is 0 Å². The number of halogens is 2. The first-order valence-corrected chi connectivity index (χ1v) is 9.09. The van der Waals surface area contributed by atoms with Gasteiger partial charge < -0.3 is 10.1 Å². The van der Waals surface area contributed by atoms with Crippen LogP contribution in [0.5, 0.6) is 0 Å². The molecule has 0 bridgehead atoms. The summed E-state index contributed by atoms with van der Waals surface area (Å²) in [6, 6.07) is 11.3. The highest BCUT2D eigenvalue weighted by Crippen LogP contribution is 2.26. The highest BCUT2D eigenvalue weighted by Gasteiger charge is 2.17. The second kappa shape index (κ2) is 10.1. The minimum Gasteiger partial charge on any atom is -0.466 e. The van der Waals surface area contributed by atoms with Crippen molar-refractivity contribution in [2.45, 2.75) is 32.2 Å². The molecule has 0 aliphatic carbocycles. The summed E-state index contributed by atoms with van der Waals surface area (Å²) in [5.41, 5.74) is 2.02. The van der Waals surface area contributed by atoms with E-state index in [1.807, 2.05) is 12.1 Å². The lowest BCUT2D eigenvalue weighted by atomic mass is 9.99. The van der Waals surface area contributed by atoms with Gasteiger partial charge in [0.2, 0.25) is 5.91 Å². The zero-order valence-electron chi connectivity index (χ0n) is 15.1. The molecule has 1 radical (unpaired) electrons. The zero-order valence-corrected chi connectivity index (χ0v) is 15.9. The molecular formula is C21H22ClFNO3. The van der Waals surface area contributed by atoms with E-state index in [-0.39, 0.29) is 37.1 Å². The normalized spacial score (nSPS) is 11.7. The van der Waals surface area contributed by atoms with Gasteiger partial charge in [-0.25, -0.2) is 4.39 Å². The molecule has 27 heavy (non-hydrogen) atoms. The molecule has 1 unspecified atom stereocenters. The Labute approximate surface area is 163 Å². The van der Waals surface area contributed by atoms with Gasteiger partial charge in [0.1, 0.15) is 5.82 Å². The minimum atomic E-state index is -0.396. The van der Waals surface area contributed by atoms with Crippen LogP contribution in [0.15, 0.2) is 42.5 Å². The first-order chi connectivity index (χ1) is 12.9. The third-order valence-corrected chi connectivity index (χ3v) is 4.22. The van der Waals surface area contributed by atoms with Gasteiger partial charge in [-0.2, -0.15) is 0 Å². The summed E-state index contributed by atoms with van der Waals surface area (Å²) in [5, 5.41) is 3.25. The van der Waals surface area contributed by atoms with E-state index >= 15 is 0 Å². The molecule has 1 atom stereocenters. The third kappa shape index (κ3) is 6.36. The fourth-order valence-corrected chi connectivity index (χ4v) is 2.89. The van der Waals surface area contributed by atoms with Crippen molar-refractivity contribution in [3.8, 4) is 11.1 Å². The van der Waals surface area contributed by atoms with Gasteiger partial charge in [0.05, 0.1) is 13.0 Å². The maximum Gasteiger partial charge on any atom is 0.307 e. The molecule has 0 saturated heterocycles. The predicted octanol–water partition coefficient (Wildman–Crippen LogP) is 4.35. The number of hydrogen-bond acceptors (Lipinski definition) is 3. The molecule has 2 rings (SSSR count). The van der Waals surface area contributed by atoms with Crippen molar-refractivity contribution in [2.75, 3.05) is 6.61 Å². The molecule has 0 spiro atoms. The van der Waals surface area contributed by atoms with Gasteiger partial charge in [0, 0.05) is 23.0 Å². The van der Waals surface area contributed by atoms with E-state index in [4.69, 9.17) is 16.3 Å². The van der Waals surface area contributed by atoms with Crippen LogP contribution in [0, 0.1) is 12.7 Å². The Hall–Kier alpha value is -2.40. The van der Waals surface area contributed by atoms with E-state index in [0.29, 0.717) is 22.6 Å². The third-order valence-electron chi connectivity index (χ3n) is 3.99. The molecule has 0 aliphatic heterocycles. The molecule has 0 aliphatic rings. The van der Waals surface area contributed by atoms with Crippen molar-refractivity contribution in [1.82, 2.24) is 5.32 Å². The summed E-state index contributed by atoms with van der Waals surface area (Å²) < 4.78 is 19.0. The van der Waals surface area contributed by atoms with Crippen LogP contribution >= 0.6 is 11.6 Å². The Kier molecular flexibility index (Phi) is 7.80. The lowest BCUT2D eigenvalue weighted by Crippen LogP contribution is -2.38. The van der Waals surface area contributed by atoms with Crippen LogP contribution in [-0.4, -0.2) is 24.5 Å². The van der Waals surface area contributed by atoms with Gasteiger partial charge in [-0.1, -0.05) is 35.9 Å². The summed E-state index contributed by atoms with van der Waals surface area (Å²) in [6.45, 7) is 5.56. The fourth-order valence-electron chi connectivity index (χ4n) is 2.72. The smallest absolute Gasteiger partial charge is 0.307 e. The number of benzene rings is 2. The lowest BCUT2D eigenvalue weighted by Gasteiger charge is -2.18. The molecular weight excluding hydrogens is 369 g/mol. The Balaban J connectivity index is 2.14. The van der Waals surface area contributed by atoms with Crippen molar-refractivity contribution in [1.29, 1.82) is 0 Å². The first kappa shape index (κ1) is 20.9. The van der Waals surface area contributed by atoms with Crippen LogP contribution in [0.2, 0.25) is 5.02 Å². The predicted molar refractivity (Wildman–Crippen MR) is 104 cm³/mol. The van der Waals surface area contributed by atoms with E-state index < -0.39 is 6.04 Å². The summed E-state index contributed by atoms with van der Waals surface area (Å²) in [4.78, 5) is 23.5. The van der Waals surface area contributed by atoms with E-state index in [1.165, 1.54) is 12.1 Å². The maximum absolute atomic E-state index is 14.0. The average Bonchev–Trinajstić information content (AvgIpc) is 2.64. The van der Waals surface area contributed by atoms with Crippen LogP contribution in [0.4, 0.5) is 4.39 Å². The van der Waals surface area contributed by atoms with E-state index in [2.05, 4.69) is 12.2 Å². The van der Waals surface area contributed by atoms with Gasteiger partial charge in [0.15, 0.2) is 0 Å². The fraction of sp³-hybridized carbons (Fsp3) is 0.286. The molecule has 0 aromatic heterocycles. The standard InChI is InChI=1S/C21H22ClFNO3/c1-3-20(25)24-17(13-21(26)27-4-2)11-14-5-7-15(8-6-14)18-12-16(22)9-10-19(18)23/h5-10,12,17H,1,3-4,11,13H2,2H3,(H,24,25). The molecule has 1 N–H and O–H groups in total. The van der Waals surface area contributed by atoms with E-state index in [9.17, 15) is 14.0 Å². The molecule has 143 valence electrons. The number of amides is 1. The molecule has 0 heterocycles. The van der Waals surface area contributed by atoms with Crippen LogP contribution < -0.4 is 5.32 Å². The van der Waals surface area contributed by atoms with E-state index in [1.54, 1.807) is 25.1 Å². The lowest BCUT2D eigenvalue weighted by molar-refractivity contribution is -0.143. The summed E-state index contributed by atoms with van der Waals surface area (Å²) in [5.74, 6) is -0.957. The minimum absolute atomic E-state index is 0.0737. The molecule has 1 amide bonds. The Morgan fingerprint density at radius 2 is 1.93 bits per heavy atom. The monoisotopic (exact) mass is 390 g/mol. The van der Waals surface area contributed by atoms with Gasteiger partial charge in [-0.15, -0.1) is 0 Å². The Bertz CT molecular complexity index is 793. The quantitative estimate of drug-likeness (QED) is 0.682. The van der Waals surface area contributed by atoms with Crippen molar-refractivity contribution < 1.29 is 18.7 Å². The van der Waals surface area contributed by atoms with Crippen molar-refractivity contribution >= 4 is 23.5 Å². The van der Waals surface area contributed by atoms with Crippen LogP contribution in [0.3, 0.4) is 0 Å². The molecule has 6 heteroatoms. The van der Waals surface area contributed by atoms with Crippen molar-refractivity contribution in [3.63, 3.8) is 0 Å². The summed E-state index contributed by atoms with van der Waals surface area (Å²) in [7, 11) is 0. The topological polar surface area (TPSA) is 55.4 Å². The SMILES string of the molecule is [CH2]CC(=O)NC(CC(=O)OCC)Cc1ccc(-c2cc(Cl)ccc2F)cc1. The highest BCUT2D eigenvalue weighted by atomic mass is 35.5. The maximum atomic E-state index is 14.0. The number of carbonyl (C=O) groups excluding carboxylic acids is 2. The number of hydrogen-bond donors (Lipinski definition) is 1. The van der Waals surface area contributed by atoms with E-state index in [0.717, 1.165) is 5.56 Å². The molecule has 0 saturated carbocycles. The summed E-state index contributed by atoms with van der Waals surface area (Å²) >= 11 is 5.95. The largest absolute Gasteiger partial charge is 0.466 e. The average molecular weight is 391 g/mol. The number of ether oxygens (including phenoxy) is 1. The Morgan fingerprint density at radius 3 is 2.56 bits per heavy atom.